The van der Waals surface area contributed by atoms with Gasteiger partial charge in [0.1, 0.15) is 0 Å². The van der Waals surface area contributed by atoms with E-state index in [2.05, 4.69) is 9.71 Å². The minimum Gasteiger partial charge on any atom is -0.261 e. The van der Waals surface area contributed by atoms with Crippen LogP contribution < -0.4 is 4.72 Å². The third kappa shape index (κ3) is 3.61. The Morgan fingerprint density at radius 3 is 2.88 bits per heavy atom. The lowest BCUT2D eigenvalue weighted by atomic mass is 10.3. The van der Waals surface area contributed by atoms with Gasteiger partial charge in [0.15, 0.2) is 5.25 Å². The van der Waals surface area contributed by atoms with Gasteiger partial charge in [0.25, 0.3) is 0 Å². The molecule has 1 N–H and O–H groups in total. The highest BCUT2D eigenvalue weighted by Crippen LogP contribution is 1.98. The Labute approximate surface area is 95.2 Å². The highest BCUT2D eigenvalue weighted by molar-refractivity contribution is 7.90. The van der Waals surface area contributed by atoms with Crippen molar-refractivity contribution in [2.45, 2.75) is 18.6 Å². The lowest BCUT2D eigenvalue weighted by Gasteiger charge is -2.07. The Morgan fingerprint density at radius 2 is 2.31 bits per heavy atom. The molecule has 1 rings (SSSR count). The van der Waals surface area contributed by atoms with Crippen LogP contribution in [0.5, 0.6) is 0 Å². The van der Waals surface area contributed by atoms with Gasteiger partial charge in [0.2, 0.25) is 10.0 Å². The molecule has 0 fully saturated rings. The molecular weight excluding hydrogens is 226 g/mol. The number of aromatic nitrogens is 1. The third-order valence-electron chi connectivity index (χ3n) is 2.06. The number of hydrogen-bond donors (Lipinski definition) is 1. The molecule has 0 aliphatic heterocycles. The van der Waals surface area contributed by atoms with Crippen LogP contribution in [0.1, 0.15) is 12.6 Å². The summed E-state index contributed by atoms with van der Waals surface area (Å²) in [5, 5.41) is 7.47. The molecule has 1 unspecified atom stereocenters. The van der Waals surface area contributed by atoms with Gasteiger partial charge in [0.05, 0.1) is 6.07 Å². The smallest absolute Gasteiger partial charge is 0.227 e. The maximum Gasteiger partial charge on any atom is 0.227 e. The van der Waals surface area contributed by atoms with E-state index >= 15 is 0 Å². The monoisotopic (exact) mass is 239 g/mol. The normalized spacial score (nSPS) is 13.0. The van der Waals surface area contributed by atoms with Crippen molar-refractivity contribution in [3.05, 3.63) is 30.1 Å². The maximum absolute atomic E-state index is 11.4. The van der Waals surface area contributed by atoms with Crippen LogP contribution in [0.2, 0.25) is 0 Å². The Bertz CT molecular complexity index is 465. The fraction of sp³-hybridized carbons (Fsp3) is 0.400. The van der Waals surface area contributed by atoms with Crippen LogP contribution in [-0.2, 0) is 16.4 Å². The molecule has 0 saturated heterocycles. The van der Waals surface area contributed by atoms with E-state index in [0.717, 1.165) is 5.69 Å². The summed E-state index contributed by atoms with van der Waals surface area (Å²) in [7, 11) is -3.52. The average Bonchev–Trinajstić information content (AvgIpc) is 2.29. The fourth-order valence-corrected chi connectivity index (χ4v) is 1.84. The minimum atomic E-state index is -3.52. The van der Waals surface area contributed by atoms with Gasteiger partial charge in [-0.2, -0.15) is 5.26 Å². The molecule has 16 heavy (non-hydrogen) atoms. The van der Waals surface area contributed by atoms with Crippen molar-refractivity contribution in [1.82, 2.24) is 9.71 Å². The molecule has 5 nitrogen and oxygen atoms in total. The van der Waals surface area contributed by atoms with Gasteiger partial charge in [-0.05, 0) is 19.1 Å². The standard InChI is InChI=1S/C10H13N3O2S/c1-9(8-11)16(14,15)13-7-5-10-4-2-3-6-12-10/h2-4,6,9,13H,5,7H2,1H3. The quantitative estimate of drug-likeness (QED) is 0.809. The Kier molecular flexibility index (Phi) is 4.40. The van der Waals surface area contributed by atoms with Crippen LogP contribution in [0.3, 0.4) is 0 Å². The molecule has 0 saturated carbocycles. The van der Waals surface area contributed by atoms with Gasteiger partial charge in [-0.3, -0.25) is 4.98 Å². The zero-order valence-electron chi connectivity index (χ0n) is 8.92. The van der Waals surface area contributed by atoms with Gasteiger partial charge in [-0.1, -0.05) is 6.07 Å². The van der Waals surface area contributed by atoms with Crippen molar-refractivity contribution < 1.29 is 8.42 Å². The number of nitrogens with zero attached hydrogens (tertiary/aromatic N) is 2. The Balaban J connectivity index is 2.46. The molecule has 0 aromatic carbocycles. The Hall–Kier alpha value is -1.45. The summed E-state index contributed by atoms with van der Waals surface area (Å²) in [6, 6.07) is 7.15. The number of rotatable bonds is 5. The molecule has 86 valence electrons. The molecule has 0 amide bonds. The topological polar surface area (TPSA) is 82.8 Å². The van der Waals surface area contributed by atoms with Crippen molar-refractivity contribution in [2.75, 3.05) is 6.54 Å². The summed E-state index contributed by atoms with van der Waals surface area (Å²) in [6.07, 6.45) is 2.17. The predicted molar refractivity (Wildman–Crippen MR) is 59.9 cm³/mol. The molecule has 6 heteroatoms. The number of pyridine rings is 1. The highest BCUT2D eigenvalue weighted by Gasteiger charge is 2.18. The van der Waals surface area contributed by atoms with E-state index in [4.69, 9.17) is 5.26 Å². The molecule has 1 heterocycles. The van der Waals surface area contributed by atoms with Crippen LogP contribution in [0.15, 0.2) is 24.4 Å². The molecular formula is C10H13N3O2S. The first-order valence-electron chi connectivity index (χ1n) is 4.84. The lowest BCUT2D eigenvalue weighted by Crippen LogP contribution is -2.33. The van der Waals surface area contributed by atoms with Gasteiger partial charge in [0, 0.05) is 24.9 Å². The highest BCUT2D eigenvalue weighted by atomic mass is 32.2. The van der Waals surface area contributed by atoms with Gasteiger partial charge in [-0.15, -0.1) is 0 Å². The second-order valence-electron chi connectivity index (χ2n) is 3.28. The summed E-state index contributed by atoms with van der Waals surface area (Å²) >= 11 is 0. The van der Waals surface area contributed by atoms with Crippen molar-refractivity contribution in [3.8, 4) is 6.07 Å². The molecule has 0 spiro atoms. The van der Waals surface area contributed by atoms with Crippen LogP contribution in [0.4, 0.5) is 0 Å². The second kappa shape index (κ2) is 5.58. The minimum absolute atomic E-state index is 0.255. The average molecular weight is 239 g/mol. The zero-order valence-corrected chi connectivity index (χ0v) is 9.74. The summed E-state index contributed by atoms with van der Waals surface area (Å²) in [5.41, 5.74) is 0.815. The first kappa shape index (κ1) is 12.6. The summed E-state index contributed by atoms with van der Waals surface area (Å²) in [6.45, 7) is 1.61. The van der Waals surface area contributed by atoms with E-state index in [9.17, 15) is 8.42 Å². The summed E-state index contributed by atoms with van der Waals surface area (Å²) < 4.78 is 25.2. The molecule has 0 radical (unpaired) electrons. The molecule has 0 aliphatic carbocycles. The lowest BCUT2D eigenvalue weighted by molar-refractivity contribution is 0.577. The molecule has 1 atom stereocenters. The zero-order chi connectivity index (χ0) is 12.0. The van der Waals surface area contributed by atoms with Crippen molar-refractivity contribution in [1.29, 1.82) is 5.26 Å². The number of hydrogen-bond acceptors (Lipinski definition) is 4. The largest absolute Gasteiger partial charge is 0.261 e. The Morgan fingerprint density at radius 1 is 1.56 bits per heavy atom. The van der Waals surface area contributed by atoms with Crippen LogP contribution in [0, 0.1) is 11.3 Å². The first-order valence-corrected chi connectivity index (χ1v) is 6.39. The number of nitrogens with one attached hydrogen (secondary N) is 1. The molecule has 0 aliphatic rings. The van der Waals surface area contributed by atoms with Crippen LogP contribution in [0.25, 0.3) is 0 Å². The van der Waals surface area contributed by atoms with Crippen LogP contribution >= 0.6 is 0 Å². The fourth-order valence-electron chi connectivity index (χ4n) is 1.06. The third-order valence-corrected chi connectivity index (χ3v) is 3.70. The molecule has 0 bridgehead atoms. The van der Waals surface area contributed by atoms with E-state index in [1.807, 2.05) is 12.1 Å². The van der Waals surface area contributed by atoms with Gasteiger partial charge in [-0.25, -0.2) is 13.1 Å². The predicted octanol–water partition coefficient (Wildman–Crippen LogP) is 0.456. The number of sulfonamides is 1. The molecule has 1 aromatic heterocycles. The van der Waals surface area contributed by atoms with E-state index in [1.165, 1.54) is 6.92 Å². The summed E-state index contributed by atoms with van der Waals surface area (Å²) in [5.74, 6) is 0. The van der Waals surface area contributed by atoms with Crippen molar-refractivity contribution >= 4 is 10.0 Å². The number of nitriles is 1. The van der Waals surface area contributed by atoms with Crippen molar-refractivity contribution in [3.63, 3.8) is 0 Å². The van der Waals surface area contributed by atoms with Crippen molar-refractivity contribution in [2.24, 2.45) is 0 Å². The maximum atomic E-state index is 11.4. The van der Waals surface area contributed by atoms with E-state index < -0.39 is 15.3 Å². The second-order valence-corrected chi connectivity index (χ2v) is 5.37. The van der Waals surface area contributed by atoms with E-state index in [0.29, 0.717) is 6.42 Å². The SMILES string of the molecule is CC(C#N)S(=O)(=O)NCCc1ccccn1. The van der Waals surface area contributed by atoms with E-state index in [-0.39, 0.29) is 6.54 Å². The van der Waals surface area contributed by atoms with Gasteiger partial charge >= 0.3 is 0 Å². The van der Waals surface area contributed by atoms with Crippen LogP contribution in [-0.4, -0.2) is 25.2 Å². The first-order chi connectivity index (χ1) is 7.56. The summed E-state index contributed by atoms with van der Waals surface area (Å²) in [4.78, 5) is 4.06. The molecule has 1 aromatic rings. The van der Waals surface area contributed by atoms with E-state index in [1.54, 1.807) is 18.3 Å². The van der Waals surface area contributed by atoms with Gasteiger partial charge < -0.3 is 0 Å².